The van der Waals surface area contributed by atoms with Crippen molar-refractivity contribution in [2.24, 2.45) is 0 Å². The predicted octanol–water partition coefficient (Wildman–Crippen LogP) is 4.18. The van der Waals surface area contributed by atoms with E-state index in [1.807, 2.05) is 24.3 Å². The van der Waals surface area contributed by atoms with E-state index in [1.54, 1.807) is 18.1 Å². The van der Waals surface area contributed by atoms with Crippen molar-refractivity contribution in [3.63, 3.8) is 0 Å². The van der Waals surface area contributed by atoms with Gasteiger partial charge in [0.15, 0.2) is 0 Å². The van der Waals surface area contributed by atoms with Crippen molar-refractivity contribution >= 4 is 5.91 Å². The summed E-state index contributed by atoms with van der Waals surface area (Å²) in [5.74, 6) is 0.621. The first-order valence-electron chi connectivity index (χ1n) is 10.0. The monoisotopic (exact) mass is 446 g/mol. The lowest BCUT2D eigenvalue weighted by molar-refractivity contribution is -0.137. The van der Waals surface area contributed by atoms with Crippen LogP contribution in [-0.2, 0) is 6.18 Å². The fraction of sp³-hybridized carbons (Fsp3) is 0.318. The van der Waals surface area contributed by atoms with E-state index in [-0.39, 0.29) is 17.9 Å². The van der Waals surface area contributed by atoms with Gasteiger partial charge >= 0.3 is 6.18 Å². The van der Waals surface area contributed by atoms with Crippen LogP contribution in [-0.4, -0.2) is 52.3 Å². The number of alkyl halides is 3. The molecule has 1 saturated heterocycles. The lowest BCUT2D eigenvalue weighted by Gasteiger charge is -2.31. The number of aromatic nitrogens is 3. The highest BCUT2D eigenvalue weighted by Gasteiger charge is 2.31. The topological polar surface area (TPSA) is 80.3 Å². The van der Waals surface area contributed by atoms with Gasteiger partial charge in [-0.1, -0.05) is 12.1 Å². The van der Waals surface area contributed by atoms with Gasteiger partial charge in [0.25, 0.3) is 5.91 Å². The number of hydrogen-bond donors (Lipinski definition) is 1. The lowest BCUT2D eigenvalue weighted by atomic mass is 10.1. The molecular weight excluding hydrogens is 425 g/mol. The van der Waals surface area contributed by atoms with E-state index in [4.69, 9.17) is 9.47 Å². The molecule has 0 saturated carbocycles. The summed E-state index contributed by atoms with van der Waals surface area (Å²) >= 11 is 0. The highest BCUT2D eigenvalue weighted by atomic mass is 19.4. The number of nitrogens with one attached hydrogen (secondary N) is 1. The van der Waals surface area contributed by atoms with Crippen LogP contribution in [0.15, 0.2) is 48.7 Å². The number of methoxy groups -OCH3 is 1. The Balaban J connectivity index is 1.34. The SMILES string of the molecule is COc1ccccc1-c1cc(C(=O)N2CCC(Oc3ccc(C(F)(F)F)cn3)CC2)[nH]n1. The van der Waals surface area contributed by atoms with Crippen LogP contribution in [0.25, 0.3) is 11.3 Å². The molecule has 3 aromatic rings. The number of ether oxygens (including phenoxy) is 2. The number of halogens is 3. The molecule has 0 aliphatic carbocycles. The maximum atomic E-state index is 12.9. The second kappa shape index (κ2) is 8.89. The molecule has 0 spiro atoms. The molecule has 1 aromatic carbocycles. The summed E-state index contributed by atoms with van der Waals surface area (Å²) in [5, 5.41) is 7.03. The molecule has 1 amide bonds. The molecule has 4 rings (SSSR count). The minimum atomic E-state index is -4.44. The number of carbonyl (C=O) groups is 1. The summed E-state index contributed by atoms with van der Waals surface area (Å²) in [5.41, 5.74) is 0.936. The number of aromatic amines is 1. The molecule has 1 fully saturated rings. The Labute approximate surface area is 182 Å². The van der Waals surface area contributed by atoms with Gasteiger partial charge in [-0.3, -0.25) is 9.89 Å². The number of hydrogen-bond acceptors (Lipinski definition) is 5. The van der Waals surface area contributed by atoms with Crippen LogP contribution in [0.1, 0.15) is 28.9 Å². The molecule has 0 radical (unpaired) electrons. The van der Waals surface area contributed by atoms with E-state index < -0.39 is 11.7 Å². The van der Waals surface area contributed by atoms with Crippen LogP contribution in [0.5, 0.6) is 11.6 Å². The van der Waals surface area contributed by atoms with E-state index in [1.165, 1.54) is 6.07 Å². The van der Waals surface area contributed by atoms with E-state index in [2.05, 4.69) is 15.2 Å². The highest BCUT2D eigenvalue weighted by Crippen LogP contribution is 2.30. The quantitative estimate of drug-likeness (QED) is 0.636. The molecule has 1 aliphatic rings. The zero-order chi connectivity index (χ0) is 22.7. The van der Waals surface area contributed by atoms with Gasteiger partial charge in [0.1, 0.15) is 17.5 Å². The molecule has 0 bridgehead atoms. The van der Waals surface area contributed by atoms with E-state index >= 15 is 0 Å². The minimum Gasteiger partial charge on any atom is -0.496 e. The number of nitrogens with zero attached hydrogens (tertiary/aromatic N) is 3. The summed E-state index contributed by atoms with van der Waals surface area (Å²) in [6.45, 7) is 0.903. The third kappa shape index (κ3) is 4.68. The largest absolute Gasteiger partial charge is 0.496 e. The Hall–Kier alpha value is -3.56. The summed E-state index contributed by atoms with van der Waals surface area (Å²) in [6, 6.07) is 11.2. The first-order chi connectivity index (χ1) is 15.3. The number of rotatable bonds is 5. The van der Waals surface area contributed by atoms with Crippen molar-refractivity contribution in [3.05, 3.63) is 59.9 Å². The highest BCUT2D eigenvalue weighted by molar-refractivity contribution is 5.93. The fourth-order valence-corrected chi connectivity index (χ4v) is 3.56. The number of piperidine rings is 1. The summed E-state index contributed by atoms with van der Waals surface area (Å²) in [6.07, 6.45) is -2.82. The predicted molar refractivity (Wildman–Crippen MR) is 109 cm³/mol. The van der Waals surface area contributed by atoms with Crippen LogP contribution >= 0.6 is 0 Å². The van der Waals surface area contributed by atoms with Gasteiger partial charge in [0.05, 0.1) is 18.4 Å². The van der Waals surface area contributed by atoms with Crippen molar-refractivity contribution in [2.45, 2.75) is 25.1 Å². The second-order valence-electron chi connectivity index (χ2n) is 7.36. The van der Waals surface area contributed by atoms with Crippen LogP contribution in [0.3, 0.4) is 0 Å². The number of carbonyl (C=O) groups excluding carboxylic acids is 1. The normalized spacial score (nSPS) is 14.9. The van der Waals surface area contributed by atoms with Gasteiger partial charge in [-0.05, 0) is 24.3 Å². The fourth-order valence-electron chi connectivity index (χ4n) is 3.56. The molecular formula is C22H21F3N4O3. The zero-order valence-corrected chi connectivity index (χ0v) is 17.2. The van der Waals surface area contributed by atoms with Gasteiger partial charge in [0.2, 0.25) is 5.88 Å². The molecule has 10 heteroatoms. The Morgan fingerprint density at radius 2 is 1.91 bits per heavy atom. The van der Waals surface area contributed by atoms with Crippen molar-refractivity contribution in [1.82, 2.24) is 20.1 Å². The maximum Gasteiger partial charge on any atom is 0.417 e. The maximum absolute atomic E-state index is 12.9. The number of likely N-dealkylation sites (tertiary alicyclic amines) is 1. The van der Waals surface area contributed by atoms with Gasteiger partial charge < -0.3 is 14.4 Å². The average molecular weight is 446 g/mol. The third-order valence-corrected chi connectivity index (χ3v) is 5.27. The Morgan fingerprint density at radius 3 is 2.56 bits per heavy atom. The first-order valence-corrected chi connectivity index (χ1v) is 10.0. The van der Waals surface area contributed by atoms with Gasteiger partial charge in [0, 0.05) is 43.8 Å². The summed E-state index contributed by atoms with van der Waals surface area (Å²) in [4.78, 5) is 18.3. The number of H-pyrrole nitrogens is 1. The van der Waals surface area contributed by atoms with Crippen LogP contribution in [0, 0.1) is 0 Å². The molecule has 168 valence electrons. The molecule has 2 aromatic heterocycles. The minimum absolute atomic E-state index is 0.137. The molecule has 0 unspecified atom stereocenters. The first kappa shape index (κ1) is 21.7. The van der Waals surface area contributed by atoms with E-state index in [0.717, 1.165) is 17.8 Å². The van der Waals surface area contributed by atoms with Crippen LogP contribution in [0.2, 0.25) is 0 Å². The van der Waals surface area contributed by atoms with E-state index in [0.29, 0.717) is 43.1 Å². The Bertz CT molecular complexity index is 1070. The molecule has 1 N–H and O–H groups in total. The van der Waals surface area contributed by atoms with E-state index in [9.17, 15) is 18.0 Å². The molecule has 0 atom stereocenters. The molecule has 32 heavy (non-hydrogen) atoms. The van der Waals surface area contributed by atoms with Crippen molar-refractivity contribution in [2.75, 3.05) is 20.2 Å². The second-order valence-corrected chi connectivity index (χ2v) is 7.36. The molecule has 3 heterocycles. The zero-order valence-electron chi connectivity index (χ0n) is 17.2. The Kier molecular flexibility index (Phi) is 6.02. The molecule has 7 nitrogen and oxygen atoms in total. The van der Waals surface area contributed by atoms with Crippen LogP contribution in [0.4, 0.5) is 13.2 Å². The standard InChI is InChI=1S/C22H21F3N4O3/c1-31-19-5-3-2-4-16(19)17-12-18(28-27-17)21(30)29-10-8-15(9-11-29)32-20-7-6-14(13-26-20)22(23,24)25/h2-7,12-13,15H,8-11H2,1H3,(H,27,28). The number of benzene rings is 1. The van der Waals surface area contributed by atoms with Gasteiger partial charge in [-0.25, -0.2) is 4.98 Å². The van der Waals surface area contributed by atoms with Crippen molar-refractivity contribution in [1.29, 1.82) is 0 Å². The van der Waals surface area contributed by atoms with Crippen LogP contribution < -0.4 is 9.47 Å². The smallest absolute Gasteiger partial charge is 0.417 e. The van der Waals surface area contributed by atoms with Gasteiger partial charge in [-0.15, -0.1) is 0 Å². The number of para-hydroxylation sites is 1. The van der Waals surface area contributed by atoms with Gasteiger partial charge in [-0.2, -0.15) is 18.3 Å². The molecule has 1 aliphatic heterocycles. The van der Waals surface area contributed by atoms with Crippen molar-refractivity contribution in [3.8, 4) is 22.9 Å². The summed E-state index contributed by atoms with van der Waals surface area (Å²) in [7, 11) is 1.57. The number of pyridine rings is 1. The number of amides is 1. The summed E-state index contributed by atoms with van der Waals surface area (Å²) < 4.78 is 49.0. The average Bonchev–Trinajstić information content (AvgIpc) is 3.29. The lowest BCUT2D eigenvalue weighted by Crippen LogP contribution is -2.42. The van der Waals surface area contributed by atoms with Crippen molar-refractivity contribution < 1.29 is 27.4 Å². The third-order valence-electron chi connectivity index (χ3n) is 5.27. The Morgan fingerprint density at radius 1 is 1.16 bits per heavy atom.